The Labute approximate surface area is 96.8 Å². The summed E-state index contributed by atoms with van der Waals surface area (Å²) in [6.45, 7) is 8.73. The predicted molar refractivity (Wildman–Crippen MR) is 62.9 cm³/mol. The van der Waals surface area contributed by atoms with Crippen LogP contribution in [0.5, 0.6) is 0 Å². The van der Waals surface area contributed by atoms with Crippen molar-refractivity contribution in [2.75, 3.05) is 19.6 Å². The summed E-state index contributed by atoms with van der Waals surface area (Å²) < 4.78 is 1.76. The summed E-state index contributed by atoms with van der Waals surface area (Å²) in [7, 11) is 1.91. The number of hydrogen-bond acceptors (Lipinski definition) is 4. The number of nitrogens with one attached hydrogen (secondary N) is 1. The van der Waals surface area contributed by atoms with E-state index in [1.165, 1.54) is 0 Å². The minimum absolute atomic E-state index is 0.602. The van der Waals surface area contributed by atoms with Crippen molar-refractivity contribution in [3.8, 4) is 0 Å². The van der Waals surface area contributed by atoms with Gasteiger partial charge in [-0.3, -0.25) is 9.58 Å². The van der Waals surface area contributed by atoms with Gasteiger partial charge in [0.15, 0.2) is 0 Å². The summed E-state index contributed by atoms with van der Waals surface area (Å²) in [4.78, 5) is 2.45. The van der Waals surface area contributed by atoms with Crippen LogP contribution < -0.4 is 5.32 Å². The molecule has 1 atom stereocenters. The van der Waals surface area contributed by atoms with Crippen molar-refractivity contribution in [3.05, 3.63) is 11.9 Å². The first-order valence-electron chi connectivity index (χ1n) is 5.96. The molecular weight excluding hydrogens is 202 g/mol. The van der Waals surface area contributed by atoms with Crippen LogP contribution in [0, 0.1) is 5.92 Å². The molecule has 0 aromatic carbocycles. The summed E-state index contributed by atoms with van der Waals surface area (Å²) >= 11 is 0. The van der Waals surface area contributed by atoms with Crippen LogP contribution in [0.2, 0.25) is 0 Å². The fourth-order valence-electron chi connectivity index (χ4n) is 2.13. The van der Waals surface area contributed by atoms with Crippen LogP contribution in [-0.2, 0) is 13.6 Å². The number of aryl methyl sites for hydroxylation is 1. The van der Waals surface area contributed by atoms with Crippen molar-refractivity contribution in [1.29, 1.82) is 0 Å². The van der Waals surface area contributed by atoms with Crippen LogP contribution >= 0.6 is 0 Å². The lowest BCUT2D eigenvalue weighted by Gasteiger charge is -2.35. The highest BCUT2D eigenvalue weighted by Gasteiger charge is 2.22. The molecule has 1 saturated heterocycles. The highest BCUT2D eigenvalue weighted by atomic mass is 15.4. The Morgan fingerprint density at radius 3 is 3.00 bits per heavy atom. The summed E-state index contributed by atoms with van der Waals surface area (Å²) in [5, 5.41) is 11.6. The predicted octanol–water partition coefficient (Wildman–Crippen LogP) is 0.245. The van der Waals surface area contributed by atoms with Crippen LogP contribution in [0.4, 0.5) is 0 Å². The molecule has 0 bridgehead atoms. The van der Waals surface area contributed by atoms with Gasteiger partial charge >= 0.3 is 0 Å². The third-order valence-electron chi connectivity index (χ3n) is 3.13. The Bertz CT molecular complexity index is 333. The van der Waals surface area contributed by atoms with Gasteiger partial charge in [-0.2, -0.15) is 0 Å². The average Bonchev–Trinajstić information content (AvgIpc) is 2.64. The van der Waals surface area contributed by atoms with E-state index in [2.05, 4.69) is 34.4 Å². The molecule has 0 amide bonds. The quantitative estimate of drug-likeness (QED) is 0.797. The number of aromatic nitrogens is 3. The van der Waals surface area contributed by atoms with E-state index in [1.807, 2.05) is 13.2 Å². The molecule has 1 fully saturated rings. The topological polar surface area (TPSA) is 46.0 Å². The van der Waals surface area contributed by atoms with E-state index in [1.54, 1.807) is 4.68 Å². The molecule has 5 heteroatoms. The Hall–Kier alpha value is -0.940. The molecule has 0 saturated carbocycles. The molecule has 90 valence electrons. The van der Waals surface area contributed by atoms with Gasteiger partial charge in [-0.25, -0.2) is 0 Å². The second kappa shape index (κ2) is 4.93. The van der Waals surface area contributed by atoms with Crippen molar-refractivity contribution < 1.29 is 0 Å². The molecule has 1 aliphatic heterocycles. The number of nitrogens with zero attached hydrogens (tertiary/aromatic N) is 4. The Morgan fingerprint density at radius 1 is 1.56 bits per heavy atom. The van der Waals surface area contributed by atoms with Crippen molar-refractivity contribution in [1.82, 2.24) is 25.2 Å². The third kappa shape index (κ3) is 2.80. The van der Waals surface area contributed by atoms with E-state index in [4.69, 9.17) is 0 Å². The monoisotopic (exact) mass is 223 g/mol. The first kappa shape index (κ1) is 11.5. The largest absolute Gasteiger partial charge is 0.311 e. The molecule has 16 heavy (non-hydrogen) atoms. The SMILES string of the molecule is CC(C)C1CN(Cc2cn(C)nn2)CCN1. The van der Waals surface area contributed by atoms with E-state index in [0.29, 0.717) is 12.0 Å². The van der Waals surface area contributed by atoms with Crippen LogP contribution in [0.15, 0.2) is 6.20 Å². The van der Waals surface area contributed by atoms with Crippen LogP contribution in [0.1, 0.15) is 19.5 Å². The summed E-state index contributed by atoms with van der Waals surface area (Å²) in [6.07, 6.45) is 1.99. The van der Waals surface area contributed by atoms with Crippen LogP contribution in [0.25, 0.3) is 0 Å². The molecule has 2 heterocycles. The molecule has 2 rings (SSSR count). The highest BCUT2D eigenvalue weighted by Crippen LogP contribution is 2.10. The summed E-state index contributed by atoms with van der Waals surface area (Å²) in [5.74, 6) is 0.685. The number of hydrogen-bond donors (Lipinski definition) is 1. The second-order valence-electron chi connectivity index (χ2n) is 4.92. The van der Waals surface area contributed by atoms with Crippen molar-refractivity contribution in [3.63, 3.8) is 0 Å². The summed E-state index contributed by atoms with van der Waals surface area (Å²) in [5.41, 5.74) is 1.06. The van der Waals surface area contributed by atoms with Crippen LogP contribution in [-0.4, -0.2) is 45.6 Å². The van der Waals surface area contributed by atoms with Crippen molar-refractivity contribution >= 4 is 0 Å². The fourth-order valence-corrected chi connectivity index (χ4v) is 2.13. The minimum atomic E-state index is 0.602. The van der Waals surface area contributed by atoms with Gasteiger partial charge in [0.1, 0.15) is 0 Å². The summed E-state index contributed by atoms with van der Waals surface area (Å²) in [6, 6.07) is 0.602. The molecule has 0 spiro atoms. The first-order chi connectivity index (χ1) is 7.65. The molecule has 1 unspecified atom stereocenters. The van der Waals surface area contributed by atoms with Gasteiger partial charge < -0.3 is 5.32 Å². The van der Waals surface area contributed by atoms with Gasteiger partial charge in [0.05, 0.1) is 5.69 Å². The van der Waals surface area contributed by atoms with Gasteiger partial charge in [-0.1, -0.05) is 19.1 Å². The molecule has 1 aromatic heterocycles. The Balaban J connectivity index is 1.90. The lowest BCUT2D eigenvalue weighted by molar-refractivity contribution is 0.167. The zero-order valence-corrected chi connectivity index (χ0v) is 10.3. The molecule has 1 aliphatic rings. The third-order valence-corrected chi connectivity index (χ3v) is 3.13. The maximum absolute atomic E-state index is 4.13. The molecular formula is C11H21N5. The lowest BCUT2D eigenvalue weighted by atomic mass is 10.0. The first-order valence-corrected chi connectivity index (χ1v) is 5.96. The molecule has 0 aliphatic carbocycles. The van der Waals surface area contributed by atoms with Crippen LogP contribution in [0.3, 0.4) is 0 Å². The zero-order valence-electron chi connectivity index (χ0n) is 10.3. The zero-order chi connectivity index (χ0) is 11.5. The molecule has 1 aromatic rings. The van der Waals surface area contributed by atoms with E-state index in [-0.39, 0.29) is 0 Å². The number of piperazine rings is 1. The van der Waals surface area contributed by atoms with E-state index >= 15 is 0 Å². The van der Waals surface area contributed by atoms with Gasteiger partial charge in [0.25, 0.3) is 0 Å². The Morgan fingerprint density at radius 2 is 2.38 bits per heavy atom. The van der Waals surface area contributed by atoms with Gasteiger partial charge in [-0.05, 0) is 5.92 Å². The standard InChI is InChI=1S/C11H21N5/c1-9(2)11-8-16(5-4-12-11)7-10-6-15(3)14-13-10/h6,9,11-12H,4-5,7-8H2,1-3H3. The van der Waals surface area contributed by atoms with Gasteiger partial charge in [0.2, 0.25) is 0 Å². The normalized spacial score (nSPS) is 22.9. The second-order valence-corrected chi connectivity index (χ2v) is 4.92. The lowest BCUT2D eigenvalue weighted by Crippen LogP contribution is -2.52. The van der Waals surface area contributed by atoms with Crippen molar-refractivity contribution in [2.45, 2.75) is 26.4 Å². The van der Waals surface area contributed by atoms with Gasteiger partial charge in [0, 0.05) is 45.5 Å². The number of rotatable bonds is 3. The smallest absolute Gasteiger partial charge is 0.0967 e. The molecule has 0 radical (unpaired) electrons. The maximum Gasteiger partial charge on any atom is 0.0967 e. The Kier molecular flexibility index (Phi) is 3.56. The fraction of sp³-hybridized carbons (Fsp3) is 0.818. The molecule has 1 N–H and O–H groups in total. The minimum Gasteiger partial charge on any atom is -0.311 e. The van der Waals surface area contributed by atoms with Crippen molar-refractivity contribution in [2.24, 2.45) is 13.0 Å². The highest BCUT2D eigenvalue weighted by molar-refractivity contribution is 4.93. The average molecular weight is 223 g/mol. The maximum atomic E-state index is 4.13. The van der Waals surface area contributed by atoms with E-state index < -0.39 is 0 Å². The van der Waals surface area contributed by atoms with Gasteiger partial charge in [-0.15, -0.1) is 5.10 Å². The van der Waals surface area contributed by atoms with E-state index in [9.17, 15) is 0 Å². The van der Waals surface area contributed by atoms with E-state index in [0.717, 1.165) is 31.9 Å². The molecule has 5 nitrogen and oxygen atoms in total.